The summed E-state index contributed by atoms with van der Waals surface area (Å²) in [5.41, 5.74) is 40.0. The summed E-state index contributed by atoms with van der Waals surface area (Å²) < 4.78 is 0. The van der Waals surface area contributed by atoms with Crippen LogP contribution in [0.15, 0.2) is 437 Å². The summed E-state index contributed by atoms with van der Waals surface area (Å²) in [5, 5.41) is 0. The van der Waals surface area contributed by atoms with Crippen molar-refractivity contribution in [1.82, 2.24) is 15.0 Å². The van der Waals surface area contributed by atoms with Gasteiger partial charge in [-0.15, -0.1) is 0 Å². The van der Waals surface area contributed by atoms with Crippen molar-refractivity contribution >= 4 is 51.2 Å². The molecule has 0 atom stereocenters. The van der Waals surface area contributed by atoms with Gasteiger partial charge in [-0.05, 0) is 243 Å². The number of anilines is 9. The third-order valence-corrected chi connectivity index (χ3v) is 26.5. The molecule has 0 amide bonds. The Kier molecular flexibility index (Phi) is 14.8. The molecular formula is C114H72N6. The zero-order valence-electron chi connectivity index (χ0n) is 65.3. The van der Waals surface area contributed by atoms with Crippen LogP contribution in [-0.4, -0.2) is 15.0 Å². The molecule has 19 aromatic rings. The molecule has 0 unspecified atom stereocenters. The molecule has 0 saturated carbocycles. The van der Waals surface area contributed by atoms with Gasteiger partial charge in [0, 0.05) is 33.8 Å². The van der Waals surface area contributed by atoms with Crippen LogP contribution >= 0.6 is 0 Å². The van der Waals surface area contributed by atoms with Gasteiger partial charge in [-0.1, -0.05) is 328 Å². The van der Waals surface area contributed by atoms with E-state index in [0.717, 1.165) is 101 Å². The number of hydrogen-bond donors (Lipinski definition) is 0. The number of rotatable bonds is 9. The maximum absolute atomic E-state index is 5.65. The van der Waals surface area contributed by atoms with Crippen molar-refractivity contribution in [3.63, 3.8) is 0 Å². The normalized spacial score (nSPS) is 14.2. The monoisotopic (exact) mass is 1520 g/mol. The first-order valence-electron chi connectivity index (χ1n) is 41.5. The Labute approximate surface area is 696 Å². The zero-order valence-corrected chi connectivity index (χ0v) is 65.3. The number of hydrogen-bond acceptors (Lipinski definition) is 6. The molecule has 1 aromatic heterocycles. The van der Waals surface area contributed by atoms with Gasteiger partial charge in [-0.3, -0.25) is 0 Å². The number of benzene rings is 18. The van der Waals surface area contributed by atoms with E-state index in [1.807, 2.05) is 0 Å². The Morgan fingerprint density at radius 1 is 0.142 bits per heavy atom. The van der Waals surface area contributed by atoms with Crippen LogP contribution in [0.25, 0.3) is 101 Å². The molecule has 0 N–H and O–H groups in total. The minimum atomic E-state index is -0.633. The lowest BCUT2D eigenvalue weighted by Crippen LogP contribution is -2.36. The molecule has 3 spiro atoms. The fraction of sp³-hybridized carbons (Fsp3) is 0.0263. The summed E-state index contributed by atoms with van der Waals surface area (Å²) in [7, 11) is 0. The standard InChI is InChI=1S/C114H72N6/c1-4-37-82(38-5-1)118-103-55-22-16-49-94(103)112(95-50-17-23-56-104(95)118)91-46-13-10-43-85(91)88-64-61-76(70-100(88)112)73-31-28-34-79(67-73)109-115-110(80-35-29-32-74(68-80)77-62-65-89-86-44-11-14-47-92(86)113(101(89)71-77)96-51-18-24-57-105(96)119(83-39-6-2-7-40-83)106-58-25-19-52-97(106)113)117-111(116-109)81-36-30-33-75(69-81)78-63-66-90-87-45-12-15-48-93(87)114(102(90)72-78)98-53-20-26-59-107(98)120(84-41-8-3-9-42-84)108-60-27-21-54-99(108)114/h1-72H. The first-order chi connectivity index (χ1) is 59.5. The van der Waals surface area contributed by atoms with E-state index in [1.165, 1.54) is 100 Å². The molecule has 120 heavy (non-hydrogen) atoms. The van der Waals surface area contributed by atoms with Crippen molar-refractivity contribution < 1.29 is 0 Å². The molecular weight excluding hydrogens is 1450 g/mol. The Balaban J connectivity index is 0.653. The molecule has 0 fully saturated rings. The summed E-state index contributed by atoms with van der Waals surface area (Å²) in [6.45, 7) is 0. The molecule has 6 nitrogen and oxygen atoms in total. The van der Waals surface area contributed by atoms with Gasteiger partial charge in [0.05, 0.1) is 50.4 Å². The number of fused-ring (bicyclic) bond motifs is 27. The second kappa shape index (κ2) is 26.2. The quantitative estimate of drug-likeness (QED) is 0.144. The van der Waals surface area contributed by atoms with Gasteiger partial charge in [0.1, 0.15) is 0 Å². The van der Waals surface area contributed by atoms with Gasteiger partial charge in [0.2, 0.25) is 0 Å². The highest BCUT2D eigenvalue weighted by atomic mass is 15.2. The van der Waals surface area contributed by atoms with Crippen LogP contribution in [0.3, 0.4) is 0 Å². The van der Waals surface area contributed by atoms with Crippen LogP contribution in [0.4, 0.5) is 51.2 Å². The SMILES string of the molecule is c1ccc(N2c3ccccc3C3(c4ccccc4-c4ccc(-c5cccc(-c6nc(-c7cccc(-c8ccc9c(c8)C8(c%10ccccc%10-9)c9ccccc9N(c9ccccc9)c9ccccc98)c7)nc(-c7cccc(-c8ccc9c(c8)C8(c%10ccccc%10-9)c9ccccc9N(c9ccccc9)c9ccccc98)c7)n6)c5)cc43)c3ccccc32)cc1. The lowest BCUT2D eigenvalue weighted by molar-refractivity contribution is 0.753. The Morgan fingerprint density at radius 3 is 0.600 bits per heavy atom. The van der Waals surface area contributed by atoms with E-state index in [9.17, 15) is 0 Å². The van der Waals surface area contributed by atoms with Gasteiger partial charge < -0.3 is 14.7 Å². The fourth-order valence-electron chi connectivity index (χ4n) is 21.7. The first kappa shape index (κ1) is 67.7. The highest BCUT2D eigenvalue weighted by Gasteiger charge is 2.55. The predicted octanol–water partition coefficient (Wildman–Crippen LogP) is 28.3. The van der Waals surface area contributed by atoms with Gasteiger partial charge in [-0.25, -0.2) is 15.0 Å². The Morgan fingerprint density at radius 2 is 0.342 bits per heavy atom. The maximum Gasteiger partial charge on any atom is 0.164 e. The highest BCUT2D eigenvalue weighted by Crippen LogP contribution is 2.68. The molecule has 0 saturated heterocycles. The van der Waals surface area contributed by atoms with E-state index in [2.05, 4.69) is 451 Å². The molecule has 0 radical (unpaired) electrons. The zero-order chi connectivity index (χ0) is 78.8. The van der Waals surface area contributed by atoms with Crippen LogP contribution in [0.2, 0.25) is 0 Å². The topological polar surface area (TPSA) is 48.4 Å². The highest BCUT2D eigenvalue weighted by molar-refractivity contribution is 6.01. The molecule has 0 bridgehead atoms. The van der Waals surface area contributed by atoms with E-state index in [0.29, 0.717) is 17.5 Å². The largest absolute Gasteiger partial charge is 0.310 e. The molecule has 3 aliphatic carbocycles. The van der Waals surface area contributed by atoms with Crippen molar-refractivity contribution in [3.05, 3.63) is 504 Å². The Hall–Kier alpha value is -15.6. The van der Waals surface area contributed by atoms with Crippen molar-refractivity contribution in [2.24, 2.45) is 0 Å². The smallest absolute Gasteiger partial charge is 0.164 e. The van der Waals surface area contributed by atoms with Crippen LogP contribution in [-0.2, 0) is 16.2 Å². The van der Waals surface area contributed by atoms with E-state index < -0.39 is 16.2 Å². The van der Waals surface area contributed by atoms with Crippen LogP contribution in [0.1, 0.15) is 66.8 Å². The molecule has 3 aliphatic heterocycles. The van der Waals surface area contributed by atoms with E-state index in [4.69, 9.17) is 15.0 Å². The number of para-hydroxylation sites is 9. The minimum absolute atomic E-state index is 0.571. The van der Waals surface area contributed by atoms with Crippen molar-refractivity contribution in [3.8, 4) is 101 Å². The fourth-order valence-corrected chi connectivity index (χ4v) is 21.7. The molecule has 18 aromatic carbocycles. The predicted molar refractivity (Wildman–Crippen MR) is 489 cm³/mol. The van der Waals surface area contributed by atoms with E-state index >= 15 is 0 Å². The van der Waals surface area contributed by atoms with Gasteiger partial charge in [0.15, 0.2) is 17.5 Å². The average molecular weight is 1530 g/mol. The first-order valence-corrected chi connectivity index (χ1v) is 41.5. The van der Waals surface area contributed by atoms with Gasteiger partial charge in [0.25, 0.3) is 0 Å². The second-order valence-electron chi connectivity index (χ2n) is 32.3. The van der Waals surface area contributed by atoms with Crippen LogP contribution < -0.4 is 14.7 Å². The van der Waals surface area contributed by atoms with Gasteiger partial charge >= 0.3 is 0 Å². The Bertz CT molecular complexity index is 6620. The molecule has 25 rings (SSSR count). The van der Waals surface area contributed by atoms with Crippen molar-refractivity contribution in [2.75, 3.05) is 14.7 Å². The lowest BCUT2D eigenvalue weighted by atomic mass is 9.64. The number of nitrogens with zero attached hydrogens (tertiary/aromatic N) is 6. The van der Waals surface area contributed by atoms with E-state index in [1.54, 1.807) is 0 Å². The molecule has 6 aliphatic rings. The van der Waals surface area contributed by atoms with Crippen LogP contribution in [0, 0.1) is 0 Å². The summed E-state index contributed by atoms with van der Waals surface area (Å²) >= 11 is 0. The van der Waals surface area contributed by atoms with Gasteiger partial charge in [-0.2, -0.15) is 0 Å². The summed E-state index contributed by atoms with van der Waals surface area (Å²) in [4.78, 5) is 24.3. The van der Waals surface area contributed by atoms with Crippen molar-refractivity contribution in [1.29, 1.82) is 0 Å². The third kappa shape index (κ3) is 9.52. The second-order valence-corrected chi connectivity index (χ2v) is 32.3. The number of aromatic nitrogens is 3. The molecule has 6 heteroatoms. The van der Waals surface area contributed by atoms with Crippen molar-refractivity contribution in [2.45, 2.75) is 16.2 Å². The summed E-state index contributed by atoms with van der Waals surface area (Å²) in [6.07, 6.45) is 0. The maximum atomic E-state index is 5.65. The molecule has 4 heterocycles. The van der Waals surface area contributed by atoms with Crippen LogP contribution in [0.5, 0.6) is 0 Å². The summed E-state index contributed by atoms with van der Waals surface area (Å²) in [5.74, 6) is 1.71. The lowest BCUT2D eigenvalue weighted by Gasteiger charge is -2.45. The molecule has 558 valence electrons. The summed E-state index contributed by atoms with van der Waals surface area (Å²) in [6, 6.07) is 162. The third-order valence-electron chi connectivity index (χ3n) is 26.5. The average Bonchev–Trinajstić information content (AvgIpc) is 1.03. The van der Waals surface area contributed by atoms with E-state index in [-0.39, 0.29) is 0 Å². The minimum Gasteiger partial charge on any atom is -0.310 e.